The van der Waals surface area contributed by atoms with Crippen LogP contribution in [0, 0.1) is 0 Å². The van der Waals surface area contributed by atoms with E-state index >= 15 is 0 Å². The molecule has 1 heterocycles. The molecule has 0 saturated heterocycles. The summed E-state index contributed by atoms with van der Waals surface area (Å²) < 4.78 is 10.1. The second-order valence-corrected chi connectivity index (χ2v) is 6.26. The van der Waals surface area contributed by atoms with Crippen LogP contribution in [0.25, 0.3) is 10.9 Å². The number of carbonyl (C=O) groups excluding carboxylic acids is 1. The Bertz CT molecular complexity index is 1070. The fourth-order valence-electron chi connectivity index (χ4n) is 3.26. The summed E-state index contributed by atoms with van der Waals surface area (Å²) in [6.07, 6.45) is -0.172. The van der Waals surface area contributed by atoms with Gasteiger partial charge in [-0.3, -0.25) is 9.59 Å². The minimum atomic E-state index is -0.816. The number of aromatic nitrogens is 1. The zero-order chi connectivity index (χ0) is 20.3. The van der Waals surface area contributed by atoms with Crippen LogP contribution in [0.1, 0.15) is 30.4 Å². The summed E-state index contributed by atoms with van der Waals surface area (Å²) in [5.74, 6) is -1.41. The first-order valence-electron chi connectivity index (χ1n) is 8.82. The van der Waals surface area contributed by atoms with Crippen molar-refractivity contribution in [1.82, 2.24) is 4.98 Å². The fourth-order valence-corrected chi connectivity index (χ4v) is 3.26. The standard InChI is InChI=1S/C21H21NO6/c1-3-28-18(24)11-14(12-8-9-17(27-2)16(23)10-12)19-20(25)13-6-4-5-7-15(13)22-21(19)26/h4-10,14,23H,3,11H2,1-2H3,(H2,22,25,26)/t14-/m0/s1. The zero-order valence-corrected chi connectivity index (χ0v) is 15.6. The van der Waals surface area contributed by atoms with E-state index in [1.807, 2.05) is 0 Å². The fraction of sp³-hybridized carbons (Fsp3) is 0.238. The van der Waals surface area contributed by atoms with Crippen molar-refractivity contribution in [1.29, 1.82) is 0 Å². The van der Waals surface area contributed by atoms with Crippen LogP contribution in [-0.4, -0.2) is 34.9 Å². The number of hydrogen-bond donors (Lipinski definition) is 3. The van der Waals surface area contributed by atoms with E-state index in [1.54, 1.807) is 37.3 Å². The van der Waals surface area contributed by atoms with Gasteiger partial charge in [-0.1, -0.05) is 18.2 Å². The van der Waals surface area contributed by atoms with Crippen molar-refractivity contribution in [2.24, 2.45) is 0 Å². The van der Waals surface area contributed by atoms with Crippen LogP contribution < -0.4 is 10.3 Å². The van der Waals surface area contributed by atoms with Gasteiger partial charge in [0.05, 0.1) is 31.2 Å². The summed E-state index contributed by atoms with van der Waals surface area (Å²) in [6, 6.07) is 11.4. The van der Waals surface area contributed by atoms with Gasteiger partial charge < -0.3 is 24.7 Å². The molecular formula is C21H21NO6. The van der Waals surface area contributed by atoms with Gasteiger partial charge in [0.1, 0.15) is 5.75 Å². The van der Waals surface area contributed by atoms with Gasteiger partial charge in [-0.05, 0) is 36.8 Å². The Hall–Kier alpha value is -3.48. The molecule has 3 N–H and O–H groups in total. The van der Waals surface area contributed by atoms with E-state index in [4.69, 9.17) is 9.47 Å². The van der Waals surface area contributed by atoms with Crippen LogP contribution in [0.5, 0.6) is 17.2 Å². The summed E-state index contributed by atoms with van der Waals surface area (Å²) in [5, 5.41) is 21.4. The minimum absolute atomic E-state index is 0.0383. The number of benzene rings is 2. The molecule has 0 bridgehead atoms. The van der Waals surface area contributed by atoms with Gasteiger partial charge in [0.15, 0.2) is 11.5 Å². The van der Waals surface area contributed by atoms with Gasteiger partial charge in [0, 0.05) is 11.3 Å². The maximum Gasteiger partial charge on any atom is 0.306 e. The summed E-state index contributed by atoms with van der Waals surface area (Å²) in [4.78, 5) is 27.7. The number of carbonyl (C=O) groups is 1. The molecule has 7 heteroatoms. The second-order valence-electron chi connectivity index (χ2n) is 6.26. The lowest BCUT2D eigenvalue weighted by atomic mass is 9.87. The topological polar surface area (TPSA) is 109 Å². The number of methoxy groups -OCH3 is 1. The molecule has 3 rings (SSSR count). The molecule has 0 amide bonds. The van der Waals surface area contributed by atoms with Crippen molar-refractivity contribution in [3.8, 4) is 17.2 Å². The number of ether oxygens (including phenoxy) is 2. The first-order chi connectivity index (χ1) is 13.5. The average molecular weight is 383 g/mol. The Morgan fingerprint density at radius 3 is 2.61 bits per heavy atom. The number of phenolic OH excluding ortho intramolecular Hbond substituents is 1. The van der Waals surface area contributed by atoms with Crippen molar-refractivity contribution in [3.63, 3.8) is 0 Å². The number of rotatable bonds is 6. The smallest absolute Gasteiger partial charge is 0.306 e. The Labute approximate surface area is 161 Å². The van der Waals surface area contributed by atoms with E-state index in [1.165, 1.54) is 19.2 Å². The van der Waals surface area contributed by atoms with Crippen LogP contribution in [0.3, 0.4) is 0 Å². The van der Waals surface area contributed by atoms with E-state index in [2.05, 4.69) is 4.98 Å². The maximum atomic E-state index is 12.8. The number of fused-ring (bicyclic) bond motifs is 1. The molecule has 0 aliphatic carbocycles. The lowest BCUT2D eigenvalue weighted by Gasteiger charge is -2.19. The number of phenols is 1. The normalized spacial score (nSPS) is 11.9. The van der Waals surface area contributed by atoms with Gasteiger partial charge in [0.2, 0.25) is 0 Å². The number of aromatic amines is 1. The summed E-state index contributed by atoms with van der Waals surface area (Å²) >= 11 is 0. The SMILES string of the molecule is CCOC(=O)C[C@@H](c1ccc(OC)c(O)c1)c1c(O)c2ccccc2[nH]c1=O. The number of H-pyrrole nitrogens is 1. The van der Waals surface area contributed by atoms with Gasteiger partial charge in [0.25, 0.3) is 5.56 Å². The van der Waals surface area contributed by atoms with E-state index < -0.39 is 17.4 Å². The van der Waals surface area contributed by atoms with Crippen LogP contribution >= 0.6 is 0 Å². The van der Waals surface area contributed by atoms with Crippen LogP contribution in [0.15, 0.2) is 47.3 Å². The molecule has 146 valence electrons. The molecule has 2 aromatic carbocycles. The van der Waals surface area contributed by atoms with Crippen LogP contribution in [0.2, 0.25) is 0 Å². The van der Waals surface area contributed by atoms with Gasteiger partial charge in [-0.25, -0.2) is 0 Å². The molecule has 0 aliphatic rings. The Morgan fingerprint density at radius 1 is 1.18 bits per heavy atom. The summed E-state index contributed by atoms with van der Waals surface area (Å²) in [5.41, 5.74) is 0.487. The lowest BCUT2D eigenvalue weighted by Crippen LogP contribution is -2.21. The quantitative estimate of drug-likeness (QED) is 0.565. The summed E-state index contributed by atoms with van der Waals surface area (Å²) in [7, 11) is 1.42. The monoisotopic (exact) mass is 383 g/mol. The molecule has 0 aliphatic heterocycles. The van der Waals surface area contributed by atoms with Gasteiger partial charge in [-0.15, -0.1) is 0 Å². The molecule has 0 fully saturated rings. The predicted octanol–water partition coefficient (Wildman–Crippen LogP) is 3.03. The number of esters is 1. The molecular weight excluding hydrogens is 362 g/mol. The summed E-state index contributed by atoms with van der Waals surface area (Å²) in [6.45, 7) is 1.88. The molecule has 3 aromatic rings. The van der Waals surface area contributed by atoms with Gasteiger partial charge in [-0.2, -0.15) is 0 Å². The molecule has 28 heavy (non-hydrogen) atoms. The highest BCUT2D eigenvalue weighted by atomic mass is 16.5. The first-order valence-corrected chi connectivity index (χ1v) is 8.82. The molecule has 0 radical (unpaired) electrons. The molecule has 1 aromatic heterocycles. The highest BCUT2D eigenvalue weighted by Crippen LogP contribution is 2.38. The number of hydrogen-bond acceptors (Lipinski definition) is 6. The largest absolute Gasteiger partial charge is 0.507 e. The maximum absolute atomic E-state index is 12.8. The molecule has 1 atom stereocenters. The van der Waals surface area contributed by atoms with Crippen LogP contribution in [-0.2, 0) is 9.53 Å². The molecule has 0 saturated carbocycles. The molecule has 0 spiro atoms. The van der Waals surface area contributed by atoms with Crippen molar-refractivity contribution >= 4 is 16.9 Å². The van der Waals surface area contributed by atoms with Gasteiger partial charge >= 0.3 is 5.97 Å². The van der Waals surface area contributed by atoms with Crippen LogP contribution in [0.4, 0.5) is 0 Å². The Kier molecular flexibility index (Phi) is 5.54. The molecule has 0 unspecified atom stereocenters. The Balaban J connectivity index is 2.19. The van der Waals surface area contributed by atoms with Crippen molar-refractivity contribution in [2.75, 3.05) is 13.7 Å². The third-order valence-corrected chi connectivity index (χ3v) is 4.56. The second kappa shape index (κ2) is 8.04. The lowest BCUT2D eigenvalue weighted by molar-refractivity contribution is -0.143. The Morgan fingerprint density at radius 2 is 1.93 bits per heavy atom. The minimum Gasteiger partial charge on any atom is -0.507 e. The van der Waals surface area contributed by atoms with E-state index in [0.29, 0.717) is 16.5 Å². The van der Waals surface area contributed by atoms with E-state index in [-0.39, 0.29) is 35.8 Å². The van der Waals surface area contributed by atoms with E-state index in [0.717, 1.165) is 0 Å². The number of nitrogens with one attached hydrogen (secondary N) is 1. The first kappa shape index (κ1) is 19.3. The predicted molar refractivity (Wildman–Crippen MR) is 104 cm³/mol. The third-order valence-electron chi connectivity index (χ3n) is 4.56. The highest BCUT2D eigenvalue weighted by molar-refractivity contribution is 5.86. The average Bonchev–Trinajstić information content (AvgIpc) is 2.67. The number of aromatic hydroxyl groups is 2. The highest BCUT2D eigenvalue weighted by Gasteiger charge is 2.27. The zero-order valence-electron chi connectivity index (χ0n) is 15.6. The third kappa shape index (κ3) is 3.64. The number of para-hydroxylation sites is 1. The van der Waals surface area contributed by atoms with E-state index in [9.17, 15) is 19.8 Å². The molecule has 7 nitrogen and oxygen atoms in total. The van der Waals surface area contributed by atoms with Crippen molar-refractivity contribution in [3.05, 3.63) is 63.9 Å². The number of pyridine rings is 1. The van der Waals surface area contributed by atoms with Crippen molar-refractivity contribution < 1.29 is 24.5 Å². The van der Waals surface area contributed by atoms with Crippen molar-refractivity contribution in [2.45, 2.75) is 19.3 Å².